The molecule has 1 aromatic heterocycles. The molecule has 1 unspecified atom stereocenters. The van der Waals surface area contributed by atoms with Gasteiger partial charge in [-0.1, -0.05) is 22.8 Å². The highest BCUT2D eigenvalue weighted by atomic mass is 35.5. The summed E-state index contributed by atoms with van der Waals surface area (Å²) in [7, 11) is -3.66. The summed E-state index contributed by atoms with van der Waals surface area (Å²) in [5, 5.41) is 4.33. The lowest BCUT2D eigenvalue weighted by atomic mass is 10.00. The molecule has 3 aromatic rings. The van der Waals surface area contributed by atoms with Crippen molar-refractivity contribution in [2.75, 3.05) is 13.1 Å². The van der Waals surface area contributed by atoms with Gasteiger partial charge in [-0.2, -0.15) is 9.29 Å². The first-order valence-electron chi connectivity index (χ1n) is 8.79. The van der Waals surface area contributed by atoms with Crippen molar-refractivity contribution in [1.82, 2.24) is 14.4 Å². The van der Waals surface area contributed by atoms with Crippen LogP contribution in [0.15, 0.2) is 57.9 Å². The van der Waals surface area contributed by atoms with Gasteiger partial charge in [0.15, 0.2) is 0 Å². The van der Waals surface area contributed by atoms with Crippen LogP contribution in [0.25, 0.3) is 11.4 Å². The molecule has 0 aliphatic carbocycles. The minimum atomic E-state index is -3.66. The van der Waals surface area contributed by atoms with Gasteiger partial charge in [0.05, 0.1) is 10.8 Å². The van der Waals surface area contributed by atoms with Gasteiger partial charge in [0.2, 0.25) is 21.7 Å². The molecule has 4 rings (SSSR count). The molecule has 0 bridgehead atoms. The van der Waals surface area contributed by atoms with Gasteiger partial charge < -0.3 is 4.52 Å². The number of hydrogen-bond donors (Lipinski definition) is 0. The van der Waals surface area contributed by atoms with E-state index in [9.17, 15) is 12.8 Å². The zero-order valence-electron chi connectivity index (χ0n) is 14.8. The number of benzene rings is 2. The van der Waals surface area contributed by atoms with Gasteiger partial charge in [-0.25, -0.2) is 12.8 Å². The van der Waals surface area contributed by atoms with Crippen LogP contribution in [0.1, 0.15) is 24.7 Å². The molecular formula is C19H17ClFN3O3S. The van der Waals surface area contributed by atoms with Crippen LogP contribution in [-0.2, 0) is 10.0 Å². The lowest BCUT2D eigenvalue weighted by molar-refractivity contribution is 0.265. The molecule has 2 heterocycles. The van der Waals surface area contributed by atoms with Crippen molar-refractivity contribution >= 4 is 21.6 Å². The van der Waals surface area contributed by atoms with Crippen LogP contribution in [0, 0.1) is 5.82 Å². The molecule has 1 aliphatic rings. The molecule has 1 saturated heterocycles. The highest BCUT2D eigenvalue weighted by molar-refractivity contribution is 7.89. The maximum Gasteiger partial charge on any atom is 0.243 e. The molecule has 2 aromatic carbocycles. The van der Waals surface area contributed by atoms with Crippen LogP contribution in [0.4, 0.5) is 4.39 Å². The van der Waals surface area contributed by atoms with Crippen molar-refractivity contribution in [3.8, 4) is 11.4 Å². The molecule has 0 N–H and O–H groups in total. The van der Waals surface area contributed by atoms with Gasteiger partial charge >= 0.3 is 0 Å². The standard InChI is InChI=1S/C19H17ClFN3O3S/c20-15-4-1-5-17(11-15)28(25,26)24-10-2-3-14(12-24)19-22-18(23-27-19)13-6-8-16(21)9-7-13/h1,4-9,11,14H,2-3,10,12H2. The molecule has 0 amide bonds. The Balaban J connectivity index is 1.55. The van der Waals surface area contributed by atoms with E-state index in [0.717, 1.165) is 6.42 Å². The van der Waals surface area contributed by atoms with E-state index in [4.69, 9.17) is 16.1 Å². The molecule has 0 spiro atoms. The number of hydrogen-bond acceptors (Lipinski definition) is 5. The summed E-state index contributed by atoms with van der Waals surface area (Å²) in [6.07, 6.45) is 1.42. The van der Waals surface area contributed by atoms with E-state index in [1.54, 1.807) is 24.3 Å². The summed E-state index contributed by atoms with van der Waals surface area (Å²) in [6, 6.07) is 12.0. The van der Waals surface area contributed by atoms with Gasteiger partial charge in [0, 0.05) is 23.7 Å². The number of piperidine rings is 1. The van der Waals surface area contributed by atoms with Gasteiger partial charge in [0.25, 0.3) is 0 Å². The molecule has 6 nitrogen and oxygen atoms in total. The predicted octanol–water partition coefficient (Wildman–Crippen LogP) is 4.10. The number of sulfonamides is 1. The van der Waals surface area contributed by atoms with Crippen molar-refractivity contribution in [2.45, 2.75) is 23.7 Å². The van der Waals surface area contributed by atoms with Crippen LogP contribution in [0.3, 0.4) is 0 Å². The molecule has 1 fully saturated rings. The van der Waals surface area contributed by atoms with Crippen molar-refractivity contribution < 1.29 is 17.3 Å². The lowest BCUT2D eigenvalue weighted by Gasteiger charge is -2.30. The van der Waals surface area contributed by atoms with E-state index in [1.807, 2.05) is 0 Å². The van der Waals surface area contributed by atoms with Gasteiger partial charge in [-0.15, -0.1) is 0 Å². The topological polar surface area (TPSA) is 76.3 Å². The van der Waals surface area contributed by atoms with Crippen LogP contribution < -0.4 is 0 Å². The molecule has 146 valence electrons. The fourth-order valence-corrected chi connectivity index (χ4v) is 5.08. The van der Waals surface area contributed by atoms with E-state index in [1.165, 1.54) is 28.6 Å². The molecule has 1 aliphatic heterocycles. The third-order valence-electron chi connectivity index (χ3n) is 4.71. The number of halogens is 2. The molecule has 28 heavy (non-hydrogen) atoms. The summed E-state index contributed by atoms with van der Waals surface area (Å²) < 4.78 is 45.8. The van der Waals surface area contributed by atoms with Crippen LogP contribution in [0.5, 0.6) is 0 Å². The summed E-state index contributed by atoms with van der Waals surface area (Å²) >= 11 is 5.95. The second-order valence-electron chi connectivity index (χ2n) is 6.62. The average molecular weight is 422 g/mol. The molecule has 0 radical (unpaired) electrons. The second kappa shape index (κ2) is 7.62. The Morgan fingerprint density at radius 3 is 2.71 bits per heavy atom. The van der Waals surface area contributed by atoms with E-state index >= 15 is 0 Å². The fourth-order valence-electron chi connectivity index (χ4n) is 3.26. The van der Waals surface area contributed by atoms with Crippen LogP contribution in [0.2, 0.25) is 5.02 Å². The summed E-state index contributed by atoms with van der Waals surface area (Å²) in [6.45, 7) is 0.671. The summed E-state index contributed by atoms with van der Waals surface area (Å²) in [5.41, 5.74) is 0.635. The third-order valence-corrected chi connectivity index (χ3v) is 6.81. The van der Waals surface area contributed by atoms with Crippen molar-refractivity contribution in [1.29, 1.82) is 0 Å². The number of nitrogens with zero attached hydrogens (tertiary/aromatic N) is 3. The first-order valence-corrected chi connectivity index (χ1v) is 10.6. The van der Waals surface area contributed by atoms with Gasteiger partial charge in [-0.05, 0) is 55.3 Å². The Bertz CT molecular complexity index is 1090. The minimum absolute atomic E-state index is 0.165. The Morgan fingerprint density at radius 2 is 1.96 bits per heavy atom. The SMILES string of the molecule is O=S(=O)(c1cccc(Cl)c1)N1CCCC(c2nc(-c3ccc(F)cc3)no2)C1. The van der Waals surface area contributed by atoms with Crippen molar-refractivity contribution in [3.05, 3.63) is 65.3 Å². The smallest absolute Gasteiger partial charge is 0.243 e. The van der Waals surface area contributed by atoms with Crippen LogP contribution in [-0.4, -0.2) is 36.0 Å². The fraction of sp³-hybridized carbons (Fsp3) is 0.263. The van der Waals surface area contributed by atoms with Crippen molar-refractivity contribution in [3.63, 3.8) is 0 Å². The molecule has 0 saturated carbocycles. The minimum Gasteiger partial charge on any atom is -0.339 e. The molecule has 9 heteroatoms. The van der Waals surface area contributed by atoms with Gasteiger partial charge in [-0.3, -0.25) is 0 Å². The highest BCUT2D eigenvalue weighted by Crippen LogP contribution is 2.31. The average Bonchev–Trinajstić information content (AvgIpc) is 3.19. The Labute approximate surface area is 167 Å². The van der Waals surface area contributed by atoms with E-state index in [0.29, 0.717) is 35.3 Å². The first-order chi connectivity index (χ1) is 13.4. The van der Waals surface area contributed by atoms with E-state index < -0.39 is 10.0 Å². The quantitative estimate of drug-likeness (QED) is 0.634. The maximum absolute atomic E-state index is 13.1. The van der Waals surface area contributed by atoms with E-state index in [2.05, 4.69) is 10.1 Å². The first kappa shape index (κ1) is 19.0. The second-order valence-corrected chi connectivity index (χ2v) is 9.00. The summed E-state index contributed by atoms with van der Waals surface area (Å²) in [5.74, 6) is 0.182. The zero-order valence-corrected chi connectivity index (χ0v) is 16.3. The lowest BCUT2D eigenvalue weighted by Crippen LogP contribution is -2.39. The van der Waals surface area contributed by atoms with Gasteiger partial charge in [0.1, 0.15) is 5.82 Å². The Morgan fingerprint density at radius 1 is 1.18 bits per heavy atom. The highest BCUT2D eigenvalue weighted by Gasteiger charge is 2.33. The zero-order chi connectivity index (χ0) is 19.7. The molecule has 1 atom stereocenters. The summed E-state index contributed by atoms with van der Waals surface area (Å²) in [4.78, 5) is 4.56. The monoisotopic (exact) mass is 421 g/mol. The Hall–Kier alpha value is -2.29. The Kier molecular flexibility index (Phi) is 5.18. The van der Waals surface area contributed by atoms with Crippen molar-refractivity contribution in [2.24, 2.45) is 0 Å². The third kappa shape index (κ3) is 3.80. The number of rotatable bonds is 4. The predicted molar refractivity (Wildman–Crippen MR) is 102 cm³/mol. The largest absolute Gasteiger partial charge is 0.339 e. The van der Waals surface area contributed by atoms with Crippen LogP contribution >= 0.6 is 11.6 Å². The normalized spacial score (nSPS) is 18.3. The number of aromatic nitrogens is 2. The maximum atomic E-state index is 13.1. The molecular weight excluding hydrogens is 405 g/mol. The van der Waals surface area contributed by atoms with E-state index in [-0.39, 0.29) is 23.2 Å².